The molecule has 0 N–H and O–H groups in total. The minimum Gasteiger partial charge on any atom is -0.493 e. The molecule has 2 aromatic rings. The second kappa shape index (κ2) is 7.22. The van der Waals surface area contributed by atoms with Gasteiger partial charge in [0.2, 0.25) is 0 Å². The minimum absolute atomic E-state index is 0.182. The SMILES string of the molecule is CCCOc1ccccc1/C=N\S(=O)(=O)c1ccc(C)cc1. The maximum absolute atomic E-state index is 12.2. The van der Waals surface area contributed by atoms with Crippen LogP contribution in [0.2, 0.25) is 0 Å². The molecule has 0 saturated carbocycles. The molecule has 0 heterocycles. The number of aryl methyl sites for hydroxylation is 1. The van der Waals surface area contributed by atoms with E-state index in [0.29, 0.717) is 17.9 Å². The minimum atomic E-state index is -3.70. The van der Waals surface area contributed by atoms with Gasteiger partial charge in [0.25, 0.3) is 10.0 Å². The van der Waals surface area contributed by atoms with Gasteiger partial charge in [0, 0.05) is 5.56 Å². The van der Waals surface area contributed by atoms with Crippen LogP contribution in [0.3, 0.4) is 0 Å². The number of sulfonamides is 1. The van der Waals surface area contributed by atoms with E-state index < -0.39 is 10.0 Å². The lowest BCUT2D eigenvalue weighted by Crippen LogP contribution is -2.01. The number of benzene rings is 2. The van der Waals surface area contributed by atoms with Gasteiger partial charge in [-0.2, -0.15) is 12.8 Å². The molecule has 2 rings (SSSR count). The summed E-state index contributed by atoms with van der Waals surface area (Å²) < 4.78 is 33.8. The van der Waals surface area contributed by atoms with Gasteiger partial charge in [-0.1, -0.05) is 36.8 Å². The van der Waals surface area contributed by atoms with Crippen molar-refractivity contribution in [3.8, 4) is 5.75 Å². The van der Waals surface area contributed by atoms with E-state index in [1.165, 1.54) is 6.21 Å². The van der Waals surface area contributed by atoms with Gasteiger partial charge in [-0.15, -0.1) is 0 Å². The third-order valence-corrected chi connectivity index (χ3v) is 4.28. The summed E-state index contributed by atoms with van der Waals surface area (Å²) in [6, 6.07) is 13.9. The van der Waals surface area contributed by atoms with Gasteiger partial charge in [0.1, 0.15) is 5.75 Å². The van der Waals surface area contributed by atoms with Crippen LogP contribution in [0.4, 0.5) is 0 Å². The third-order valence-electron chi connectivity index (χ3n) is 3.03. The first kappa shape index (κ1) is 16.2. The summed E-state index contributed by atoms with van der Waals surface area (Å²) in [5.74, 6) is 0.632. The zero-order chi connectivity index (χ0) is 16.0. The van der Waals surface area contributed by atoms with Crippen molar-refractivity contribution in [3.05, 3.63) is 59.7 Å². The summed E-state index contributed by atoms with van der Waals surface area (Å²) in [5, 5.41) is 0. The Morgan fingerprint density at radius 1 is 1.09 bits per heavy atom. The molecule has 0 spiro atoms. The Morgan fingerprint density at radius 3 is 2.45 bits per heavy atom. The molecule has 0 saturated heterocycles. The second-order valence-electron chi connectivity index (χ2n) is 4.91. The third kappa shape index (κ3) is 4.18. The highest BCUT2D eigenvalue weighted by Crippen LogP contribution is 2.18. The van der Waals surface area contributed by atoms with Gasteiger partial charge in [-0.05, 0) is 37.6 Å². The maximum Gasteiger partial charge on any atom is 0.282 e. The Balaban J connectivity index is 2.26. The zero-order valence-electron chi connectivity index (χ0n) is 12.7. The van der Waals surface area contributed by atoms with Crippen LogP contribution in [0.1, 0.15) is 24.5 Å². The number of hydrogen-bond donors (Lipinski definition) is 0. The summed E-state index contributed by atoms with van der Waals surface area (Å²) in [5.41, 5.74) is 1.65. The van der Waals surface area contributed by atoms with Gasteiger partial charge in [-0.3, -0.25) is 0 Å². The molecule has 0 aliphatic heterocycles. The topological polar surface area (TPSA) is 55.7 Å². The Morgan fingerprint density at radius 2 is 1.77 bits per heavy atom. The van der Waals surface area contributed by atoms with Crippen molar-refractivity contribution in [1.29, 1.82) is 0 Å². The number of hydrogen-bond acceptors (Lipinski definition) is 3. The highest BCUT2D eigenvalue weighted by atomic mass is 32.2. The van der Waals surface area contributed by atoms with E-state index in [1.807, 2.05) is 26.0 Å². The maximum atomic E-state index is 12.2. The lowest BCUT2D eigenvalue weighted by Gasteiger charge is -2.07. The Bertz CT molecular complexity index is 750. The highest BCUT2D eigenvalue weighted by Gasteiger charge is 2.11. The van der Waals surface area contributed by atoms with Crippen molar-refractivity contribution < 1.29 is 13.2 Å². The fourth-order valence-corrected chi connectivity index (χ4v) is 2.68. The van der Waals surface area contributed by atoms with Crippen LogP contribution >= 0.6 is 0 Å². The summed E-state index contributed by atoms with van der Waals surface area (Å²) in [6.45, 7) is 4.50. The monoisotopic (exact) mass is 317 g/mol. The molecule has 0 amide bonds. The predicted octanol–water partition coefficient (Wildman–Crippen LogP) is 3.59. The molecular weight excluding hydrogens is 298 g/mol. The van der Waals surface area contributed by atoms with E-state index in [2.05, 4.69) is 4.40 Å². The first-order chi connectivity index (χ1) is 10.5. The zero-order valence-corrected chi connectivity index (χ0v) is 13.5. The smallest absolute Gasteiger partial charge is 0.282 e. The van der Waals surface area contributed by atoms with E-state index in [4.69, 9.17) is 4.74 Å². The Hall–Kier alpha value is -2.14. The normalized spacial score (nSPS) is 11.7. The average Bonchev–Trinajstić information content (AvgIpc) is 2.52. The van der Waals surface area contributed by atoms with E-state index >= 15 is 0 Å². The molecule has 0 unspecified atom stereocenters. The van der Waals surface area contributed by atoms with Gasteiger partial charge < -0.3 is 4.74 Å². The molecule has 0 atom stereocenters. The number of rotatable bonds is 6. The first-order valence-electron chi connectivity index (χ1n) is 7.12. The second-order valence-corrected chi connectivity index (χ2v) is 6.54. The predicted molar refractivity (Wildman–Crippen MR) is 88.2 cm³/mol. The fraction of sp³-hybridized carbons (Fsp3) is 0.235. The van der Waals surface area contributed by atoms with Crippen molar-refractivity contribution in [2.75, 3.05) is 6.61 Å². The van der Waals surface area contributed by atoms with Gasteiger partial charge in [0.15, 0.2) is 0 Å². The average molecular weight is 317 g/mol. The van der Waals surface area contributed by atoms with Crippen LogP contribution in [0.15, 0.2) is 57.8 Å². The van der Waals surface area contributed by atoms with E-state index in [1.54, 1.807) is 36.4 Å². The molecule has 0 radical (unpaired) electrons. The molecule has 0 aromatic heterocycles. The standard InChI is InChI=1S/C17H19NO3S/c1-3-12-21-17-7-5-4-6-15(17)13-18-22(19,20)16-10-8-14(2)9-11-16/h4-11,13H,3,12H2,1-2H3/b18-13-. The molecule has 0 bridgehead atoms. The Kier molecular flexibility index (Phi) is 5.33. The van der Waals surface area contributed by atoms with Gasteiger partial charge >= 0.3 is 0 Å². The van der Waals surface area contributed by atoms with Crippen LogP contribution in [0.25, 0.3) is 0 Å². The molecule has 0 fully saturated rings. The van der Waals surface area contributed by atoms with E-state index in [9.17, 15) is 8.42 Å². The number of ether oxygens (including phenoxy) is 1. The lowest BCUT2D eigenvalue weighted by molar-refractivity contribution is 0.317. The molecule has 4 nitrogen and oxygen atoms in total. The molecule has 116 valence electrons. The highest BCUT2D eigenvalue weighted by molar-refractivity contribution is 7.90. The van der Waals surface area contributed by atoms with Crippen LogP contribution in [-0.2, 0) is 10.0 Å². The first-order valence-corrected chi connectivity index (χ1v) is 8.56. The molecule has 0 aliphatic rings. The van der Waals surface area contributed by atoms with Gasteiger partial charge in [0.05, 0.1) is 17.7 Å². The van der Waals surface area contributed by atoms with Gasteiger partial charge in [-0.25, -0.2) is 0 Å². The number of nitrogens with zero attached hydrogens (tertiary/aromatic N) is 1. The molecule has 2 aromatic carbocycles. The van der Waals surface area contributed by atoms with Crippen LogP contribution in [0, 0.1) is 6.92 Å². The van der Waals surface area contributed by atoms with Crippen molar-refractivity contribution in [2.24, 2.45) is 4.40 Å². The molecule has 22 heavy (non-hydrogen) atoms. The van der Waals surface area contributed by atoms with Crippen molar-refractivity contribution in [2.45, 2.75) is 25.2 Å². The van der Waals surface area contributed by atoms with E-state index in [-0.39, 0.29) is 4.90 Å². The van der Waals surface area contributed by atoms with Crippen LogP contribution < -0.4 is 4.74 Å². The van der Waals surface area contributed by atoms with Crippen molar-refractivity contribution >= 4 is 16.2 Å². The summed E-state index contributed by atoms with van der Waals surface area (Å²) in [7, 11) is -3.70. The van der Waals surface area contributed by atoms with E-state index in [0.717, 1.165) is 12.0 Å². The molecular formula is C17H19NO3S. The van der Waals surface area contributed by atoms with Crippen LogP contribution in [-0.4, -0.2) is 21.2 Å². The quantitative estimate of drug-likeness (QED) is 0.765. The molecule has 0 aliphatic carbocycles. The summed E-state index contributed by atoms with van der Waals surface area (Å²) in [6.07, 6.45) is 2.22. The lowest BCUT2D eigenvalue weighted by atomic mass is 10.2. The largest absolute Gasteiger partial charge is 0.493 e. The van der Waals surface area contributed by atoms with Crippen LogP contribution in [0.5, 0.6) is 5.75 Å². The Labute approximate surface area is 131 Å². The number of para-hydroxylation sites is 1. The summed E-state index contributed by atoms with van der Waals surface area (Å²) in [4.78, 5) is 0.182. The molecule has 5 heteroatoms. The van der Waals surface area contributed by atoms with Crippen molar-refractivity contribution in [3.63, 3.8) is 0 Å². The van der Waals surface area contributed by atoms with Crippen molar-refractivity contribution in [1.82, 2.24) is 0 Å². The summed E-state index contributed by atoms with van der Waals surface area (Å²) >= 11 is 0. The fourth-order valence-electron chi connectivity index (χ4n) is 1.83.